The number of Topliss-reactive ketones (excluding diaryl/α,β-unsaturated/α-hetero) is 1. The van der Waals surface area contributed by atoms with Gasteiger partial charge in [0, 0.05) is 16.9 Å². The van der Waals surface area contributed by atoms with Crippen LogP contribution < -0.4 is 0 Å². The first-order chi connectivity index (χ1) is 14.5. The van der Waals surface area contributed by atoms with Crippen molar-refractivity contribution in [3.8, 4) is 10.4 Å². The van der Waals surface area contributed by atoms with Gasteiger partial charge in [-0.2, -0.15) is 0 Å². The number of carbonyl (C=O) groups excluding carboxylic acids is 2. The van der Waals surface area contributed by atoms with Gasteiger partial charge in [0.2, 0.25) is 0 Å². The molecule has 0 N–H and O–H groups in total. The number of carbonyl (C=O) groups is 2. The molecule has 0 aliphatic heterocycles. The smallest absolute Gasteiger partial charge is 0.338 e. The third-order valence-electron chi connectivity index (χ3n) is 5.24. The normalized spacial score (nSPS) is 12.6. The van der Waals surface area contributed by atoms with Crippen molar-refractivity contribution in [3.05, 3.63) is 81.2 Å². The number of hydrogen-bond acceptors (Lipinski definition) is 4. The molecule has 1 aliphatic carbocycles. The molecule has 3 nitrogen and oxygen atoms in total. The lowest BCUT2D eigenvalue weighted by Gasteiger charge is -2.09. The molecule has 1 aromatic heterocycles. The second kappa shape index (κ2) is 8.48. The Morgan fingerprint density at radius 1 is 1.03 bits per heavy atom. The van der Waals surface area contributed by atoms with E-state index in [1.165, 1.54) is 17.4 Å². The van der Waals surface area contributed by atoms with E-state index in [1.807, 2.05) is 18.2 Å². The third-order valence-corrected chi connectivity index (χ3v) is 6.49. The first kappa shape index (κ1) is 20.4. The van der Waals surface area contributed by atoms with Gasteiger partial charge >= 0.3 is 5.97 Å². The van der Waals surface area contributed by atoms with E-state index in [4.69, 9.17) is 4.74 Å². The second-order valence-electron chi connectivity index (χ2n) is 7.21. The lowest BCUT2D eigenvalue weighted by Crippen LogP contribution is -2.06. The average molecular weight is 426 g/mol. The molecule has 2 aromatic carbocycles. The molecule has 0 saturated carbocycles. The minimum Gasteiger partial charge on any atom is -0.462 e. The average Bonchev–Trinajstić information content (AvgIpc) is 3.08. The number of rotatable bonds is 5. The van der Waals surface area contributed by atoms with E-state index in [0.717, 1.165) is 53.0 Å². The van der Waals surface area contributed by atoms with Crippen molar-refractivity contribution in [1.29, 1.82) is 0 Å². The van der Waals surface area contributed by atoms with Gasteiger partial charge in [-0.15, -0.1) is 11.3 Å². The van der Waals surface area contributed by atoms with Crippen molar-refractivity contribution < 1.29 is 23.1 Å². The van der Waals surface area contributed by atoms with Gasteiger partial charge in [0.1, 0.15) is 11.6 Å². The number of benzene rings is 2. The van der Waals surface area contributed by atoms with Crippen LogP contribution in [-0.4, -0.2) is 18.4 Å². The molecule has 0 amide bonds. The van der Waals surface area contributed by atoms with Crippen molar-refractivity contribution >= 4 is 23.1 Å². The summed E-state index contributed by atoms with van der Waals surface area (Å²) in [5.74, 6) is -2.13. The highest BCUT2D eigenvalue weighted by atomic mass is 32.1. The van der Waals surface area contributed by atoms with Crippen molar-refractivity contribution in [2.24, 2.45) is 0 Å². The van der Waals surface area contributed by atoms with Crippen LogP contribution in [0.2, 0.25) is 0 Å². The van der Waals surface area contributed by atoms with E-state index in [-0.39, 0.29) is 23.7 Å². The summed E-state index contributed by atoms with van der Waals surface area (Å²) >= 11 is 1.32. The van der Waals surface area contributed by atoms with Crippen molar-refractivity contribution in [2.75, 3.05) is 6.61 Å². The highest BCUT2D eigenvalue weighted by molar-refractivity contribution is 7.17. The first-order valence-electron chi connectivity index (χ1n) is 9.87. The maximum Gasteiger partial charge on any atom is 0.338 e. The summed E-state index contributed by atoms with van der Waals surface area (Å²) in [5.41, 5.74) is 3.32. The van der Waals surface area contributed by atoms with Crippen LogP contribution in [0.1, 0.15) is 50.1 Å². The van der Waals surface area contributed by atoms with E-state index < -0.39 is 11.6 Å². The molecule has 6 heteroatoms. The number of hydrogen-bond donors (Lipinski definition) is 0. The van der Waals surface area contributed by atoms with Crippen LogP contribution in [0.25, 0.3) is 10.4 Å². The molecule has 0 unspecified atom stereocenters. The lowest BCUT2D eigenvalue weighted by atomic mass is 10.0. The highest BCUT2D eigenvalue weighted by Crippen LogP contribution is 2.39. The highest BCUT2D eigenvalue weighted by Gasteiger charge is 2.23. The molecular weight excluding hydrogens is 406 g/mol. The molecule has 3 aromatic rings. The predicted molar refractivity (Wildman–Crippen MR) is 112 cm³/mol. The molecule has 0 spiro atoms. The van der Waals surface area contributed by atoms with Gasteiger partial charge in [-0.05, 0) is 73.2 Å². The van der Waals surface area contributed by atoms with E-state index >= 15 is 0 Å². The maximum absolute atomic E-state index is 14.0. The fraction of sp³-hybridized carbons (Fsp3) is 0.250. The number of aryl methyl sites for hydroxylation is 2. The minimum atomic E-state index is -0.717. The number of ketones is 1. The Bertz CT molecular complexity index is 1110. The molecule has 4 rings (SSSR count). The zero-order valence-electron chi connectivity index (χ0n) is 16.5. The summed E-state index contributed by atoms with van der Waals surface area (Å²) in [6.45, 7) is 2.06. The quantitative estimate of drug-likeness (QED) is 0.383. The van der Waals surface area contributed by atoms with Crippen LogP contribution in [0.15, 0.2) is 42.5 Å². The zero-order chi connectivity index (χ0) is 21.3. The standard InChI is InChI=1S/C24H20F2O3S/c1-2-29-24(28)16-10-9-14-5-3-6-15-12-22(30-23(15)17(14)11-16)21(27)13-18-19(25)7-4-8-20(18)26/h4,7-12H,2-3,5-6,13H2,1H3. The Labute approximate surface area is 177 Å². The SMILES string of the molecule is CCOC(=O)c1ccc2c(c1)-c1sc(C(=O)Cc3c(F)cccc3F)cc1CCC2. The Morgan fingerprint density at radius 2 is 1.77 bits per heavy atom. The predicted octanol–water partition coefficient (Wildman–Crippen LogP) is 5.78. The van der Waals surface area contributed by atoms with Gasteiger partial charge in [-0.1, -0.05) is 12.1 Å². The lowest BCUT2D eigenvalue weighted by molar-refractivity contribution is 0.0526. The molecule has 1 aliphatic rings. The third kappa shape index (κ3) is 3.92. The van der Waals surface area contributed by atoms with Crippen LogP contribution in [-0.2, 0) is 24.0 Å². The summed E-state index contributed by atoms with van der Waals surface area (Å²) in [4.78, 5) is 26.4. The van der Waals surface area contributed by atoms with Crippen molar-refractivity contribution in [2.45, 2.75) is 32.6 Å². The van der Waals surface area contributed by atoms with Crippen LogP contribution in [0.5, 0.6) is 0 Å². The van der Waals surface area contributed by atoms with Crippen LogP contribution in [0, 0.1) is 11.6 Å². The Morgan fingerprint density at radius 3 is 2.50 bits per heavy atom. The summed E-state index contributed by atoms with van der Waals surface area (Å²) in [6.07, 6.45) is 2.28. The zero-order valence-corrected chi connectivity index (χ0v) is 17.3. The second-order valence-corrected chi connectivity index (χ2v) is 8.26. The first-order valence-corrected chi connectivity index (χ1v) is 10.7. The van der Waals surface area contributed by atoms with E-state index in [0.29, 0.717) is 17.0 Å². The van der Waals surface area contributed by atoms with Crippen LogP contribution >= 0.6 is 11.3 Å². The summed E-state index contributed by atoms with van der Waals surface area (Å²) in [6, 6.07) is 10.9. The van der Waals surface area contributed by atoms with Gasteiger partial charge in [-0.3, -0.25) is 4.79 Å². The Balaban J connectivity index is 1.69. The van der Waals surface area contributed by atoms with Gasteiger partial charge in [0.05, 0.1) is 17.0 Å². The number of halogens is 2. The molecule has 0 fully saturated rings. The molecule has 0 saturated heterocycles. The number of ether oxygens (including phenoxy) is 1. The fourth-order valence-electron chi connectivity index (χ4n) is 3.75. The molecule has 154 valence electrons. The molecule has 0 radical (unpaired) electrons. The van der Waals surface area contributed by atoms with Crippen molar-refractivity contribution in [3.63, 3.8) is 0 Å². The largest absolute Gasteiger partial charge is 0.462 e. The number of esters is 1. The van der Waals surface area contributed by atoms with Gasteiger partial charge in [0.15, 0.2) is 5.78 Å². The van der Waals surface area contributed by atoms with Gasteiger partial charge in [-0.25, -0.2) is 13.6 Å². The van der Waals surface area contributed by atoms with Crippen LogP contribution in [0.4, 0.5) is 8.78 Å². The summed E-state index contributed by atoms with van der Waals surface area (Å²) < 4.78 is 33.0. The molecule has 1 heterocycles. The number of thiophene rings is 1. The van der Waals surface area contributed by atoms with Crippen LogP contribution in [0.3, 0.4) is 0 Å². The van der Waals surface area contributed by atoms with E-state index in [2.05, 4.69) is 0 Å². The molecular formula is C24H20F2O3S. The Hall–Kier alpha value is -2.86. The summed E-state index contributed by atoms with van der Waals surface area (Å²) in [5, 5.41) is 0. The topological polar surface area (TPSA) is 43.4 Å². The van der Waals surface area contributed by atoms with Gasteiger partial charge in [0.25, 0.3) is 0 Å². The fourth-order valence-corrected chi connectivity index (χ4v) is 4.94. The molecule has 0 bridgehead atoms. The minimum absolute atomic E-state index is 0.212. The number of fused-ring (bicyclic) bond motifs is 3. The molecule has 30 heavy (non-hydrogen) atoms. The van der Waals surface area contributed by atoms with E-state index in [9.17, 15) is 18.4 Å². The summed E-state index contributed by atoms with van der Waals surface area (Å²) in [7, 11) is 0. The monoisotopic (exact) mass is 426 g/mol. The van der Waals surface area contributed by atoms with Crippen molar-refractivity contribution in [1.82, 2.24) is 0 Å². The van der Waals surface area contributed by atoms with E-state index in [1.54, 1.807) is 13.0 Å². The Kier molecular flexibility index (Phi) is 5.77. The molecule has 0 atom stereocenters. The maximum atomic E-state index is 14.0. The van der Waals surface area contributed by atoms with Gasteiger partial charge < -0.3 is 4.74 Å².